The summed E-state index contributed by atoms with van der Waals surface area (Å²) in [6, 6.07) is 35.5. The largest absolute Gasteiger partial charge is 0.425 e. The van der Waals surface area contributed by atoms with Crippen LogP contribution in [-0.2, 0) is 36.2 Å². The third-order valence-corrected chi connectivity index (χ3v) is 14.2. The second-order valence-corrected chi connectivity index (χ2v) is 20.2. The number of allylic oxidation sites excluding steroid dienone is 4. The molecule has 2 aliphatic rings. The molecule has 0 amide bonds. The van der Waals surface area contributed by atoms with Crippen molar-refractivity contribution < 1.29 is 55.2 Å². The van der Waals surface area contributed by atoms with Crippen molar-refractivity contribution in [2.75, 3.05) is 0 Å². The monoisotopic (exact) mass is 1210 g/mol. The quantitative estimate of drug-likeness (QED) is 0.0247. The van der Waals surface area contributed by atoms with Gasteiger partial charge in [0.2, 0.25) is 0 Å². The number of H-pyrrole nitrogens is 2. The molecule has 7 aromatic rings. The second kappa shape index (κ2) is 27.0. The van der Waals surface area contributed by atoms with Gasteiger partial charge in [0.25, 0.3) is 0 Å². The normalized spacial score (nSPS) is 12.9. The molecule has 2 N–H and O–H groups in total. The van der Waals surface area contributed by atoms with Crippen molar-refractivity contribution in [3.8, 4) is 67.5 Å². The van der Waals surface area contributed by atoms with E-state index in [1.54, 1.807) is 72.8 Å². The minimum absolute atomic E-state index is 0. The third-order valence-electron chi connectivity index (χ3n) is 12.7. The second-order valence-electron chi connectivity index (χ2n) is 18.1. The number of aromatic amines is 2. The van der Waals surface area contributed by atoms with E-state index in [0.717, 1.165) is 0 Å². The van der Waals surface area contributed by atoms with E-state index in [9.17, 15) is 19.2 Å². The number of benzene rings is 4. The Morgan fingerprint density at radius 3 is 0.802 bits per heavy atom. The van der Waals surface area contributed by atoms with Gasteiger partial charge in [-0.05, 0) is 98.5 Å². The summed E-state index contributed by atoms with van der Waals surface area (Å²) in [5.74, 6) is -1.98. The molecule has 3 aromatic heterocycles. The van der Waals surface area contributed by atoms with Crippen molar-refractivity contribution in [2.24, 2.45) is 0 Å². The van der Waals surface area contributed by atoms with Crippen LogP contribution in [0, 0.1) is 0 Å². The van der Waals surface area contributed by atoms with Crippen LogP contribution in [0.1, 0.15) is 48.5 Å². The molecule has 1 radical (unpaired) electrons. The molecule has 0 saturated heterocycles. The molecule has 4 unspecified atom stereocenters. The molecule has 9 rings (SSSR count). The zero-order valence-corrected chi connectivity index (χ0v) is 47.1. The van der Waals surface area contributed by atoms with Crippen LogP contribution < -0.4 is 18.9 Å². The van der Waals surface area contributed by atoms with E-state index >= 15 is 0 Å². The summed E-state index contributed by atoms with van der Waals surface area (Å²) in [6.07, 6.45) is 14.1. The Morgan fingerprint density at radius 2 is 0.593 bits per heavy atom. The molecule has 17 heteroatoms. The minimum atomic E-state index is -1.02. The summed E-state index contributed by atoms with van der Waals surface area (Å²) in [5.41, 5.74) is 7.71. The number of halogens is 4. The van der Waals surface area contributed by atoms with Crippen LogP contribution in [-0.4, -0.2) is 65.3 Å². The average Bonchev–Trinajstić information content (AvgIpc) is 4.50. The third kappa shape index (κ3) is 13.1. The number of nitrogens with one attached hydrogen (secondary N) is 2. The van der Waals surface area contributed by atoms with Crippen molar-refractivity contribution in [3.05, 3.63) is 195 Å². The van der Waals surface area contributed by atoms with E-state index in [1.165, 1.54) is 24.3 Å². The fraction of sp³-hybridized carbons (Fsp3) is 0.125. The van der Waals surface area contributed by atoms with Gasteiger partial charge in [0.15, 0.2) is 0 Å². The summed E-state index contributed by atoms with van der Waals surface area (Å²) in [5, 5.41) is -4.09. The van der Waals surface area contributed by atoms with Gasteiger partial charge < -0.3 is 28.9 Å². The topological polar surface area (TPSA) is 163 Å². The number of nitrogens with zero attached hydrogens (tertiary/aromatic N) is 2. The van der Waals surface area contributed by atoms with Crippen LogP contribution in [0.15, 0.2) is 172 Å². The zero-order valence-electron chi connectivity index (χ0n) is 43.1. The van der Waals surface area contributed by atoms with Crippen molar-refractivity contribution in [1.82, 2.24) is 19.9 Å². The first-order valence-electron chi connectivity index (χ1n) is 25.2. The molecule has 2 aliphatic heterocycles. The minimum Gasteiger partial charge on any atom is -0.425 e. The predicted octanol–water partition coefficient (Wildman–Crippen LogP) is 15.7. The van der Waals surface area contributed by atoms with E-state index in [-0.39, 0.29) is 65.8 Å². The Balaban J connectivity index is 0.00000860. The molecule has 413 valence electrons. The summed E-state index contributed by atoms with van der Waals surface area (Å²) in [6.45, 7) is 14.9. The first-order chi connectivity index (χ1) is 38.8. The summed E-state index contributed by atoms with van der Waals surface area (Å²) in [4.78, 5) is 72.3. The number of aromatic nitrogens is 4. The van der Waals surface area contributed by atoms with Crippen LogP contribution in [0.4, 0.5) is 0 Å². The molecule has 12 nitrogen and oxygen atoms in total. The van der Waals surface area contributed by atoms with Gasteiger partial charge >= 0.3 is 23.9 Å². The number of esters is 4. The Hall–Kier alpha value is -8.00. The molecule has 0 spiro atoms. The predicted molar refractivity (Wildman–Crippen MR) is 321 cm³/mol. The number of carbonyl (C=O) groups excluding carboxylic acids is 4. The van der Waals surface area contributed by atoms with Crippen LogP contribution in [0.2, 0.25) is 0 Å². The number of para-hydroxylation sites is 4. The maximum absolute atomic E-state index is 13.6. The Morgan fingerprint density at radius 1 is 0.383 bits per heavy atom. The molecule has 81 heavy (non-hydrogen) atoms. The molecule has 0 saturated carbocycles. The van der Waals surface area contributed by atoms with Crippen molar-refractivity contribution in [3.63, 3.8) is 0 Å². The van der Waals surface area contributed by atoms with Gasteiger partial charge in [-0.1, -0.05) is 97.1 Å². The Bertz CT molecular complexity index is 3380. The van der Waals surface area contributed by atoms with Gasteiger partial charge in [0, 0.05) is 83.6 Å². The van der Waals surface area contributed by atoms with E-state index in [0.29, 0.717) is 89.4 Å². The van der Waals surface area contributed by atoms with E-state index < -0.39 is 45.4 Å². The Labute approximate surface area is 497 Å². The summed E-state index contributed by atoms with van der Waals surface area (Å²) < 4.78 is 24.3. The number of hydrogen-bond acceptors (Lipinski definition) is 10. The van der Waals surface area contributed by atoms with Crippen LogP contribution in [0.5, 0.6) is 23.0 Å². The molecule has 8 bridgehead atoms. The number of ether oxygens (including phenoxy) is 4. The SMILES string of the molecule is C=CCC(Cl)C(=O)Oc1ccccc1-c1c2nc(c(-c3ccccc3OC(=O)C(Cl)CC=C)c3ccc([nH]3)c(-c3ccccc3OC(=O)C(Cl)CC=C)c3nc(c(-c4ccccc4OC(=O)C(Cl)CC=C)c4ccc1[nH]4)C=C3)C=C2.[Cu]. The van der Waals surface area contributed by atoms with E-state index in [2.05, 4.69) is 36.3 Å². The molecule has 4 atom stereocenters. The van der Waals surface area contributed by atoms with Gasteiger partial charge in [-0.2, -0.15) is 0 Å². The zero-order chi connectivity index (χ0) is 56.5. The van der Waals surface area contributed by atoms with Crippen LogP contribution in [0.25, 0.3) is 90.9 Å². The van der Waals surface area contributed by atoms with Gasteiger partial charge in [-0.15, -0.1) is 72.7 Å². The van der Waals surface area contributed by atoms with E-state index in [4.69, 9.17) is 75.3 Å². The smallest absolute Gasteiger partial charge is 0.329 e. The number of carbonyl (C=O) groups is 4. The summed E-state index contributed by atoms with van der Waals surface area (Å²) in [7, 11) is 0. The van der Waals surface area contributed by atoms with Crippen molar-refractivity contribution in [2.45, 2.75) is 47.2 Å². The maximum Gasteiger partial charge on any atom is 0.329 e. The number of rotatable bonds is 20. The standard InChI is InChI=1S/C64H50Cl4N4O8.Cu/c1-5-17-41(65)61(73)77-53-25-13-9-21-37(53)57-45-29-31-47(69-45)58(38-22-10-14-26-54(38)78-62(74)42(66)18-6-2)49-33-35-51(71-49)60(40-24-12-16-28-56(40)80-64(76)44(68)20-8-4)52-36-34-50(72-52)59(48-32-30-46(57)70-48)39-23-11-15-27-55(39)79-63(75)43(67)19-7-3;/h5-16,21-36,41-44,69,72H,1-4,17-20H2;. The van der Waals surface area contributed by atoms with Crippen molar-refractivity contribution in [1.29, 1.82) is 0 Å². The van der Waals surface area contributed by atoms with Gasteiger partial charge in [0.1, 0.15) is 44.5 Å². The molecular formula is C64H50Cl4CuN4O8. The number of alkyl halides is 4. The van der Waals surface area contributed by atoms with Crippen molar-refractivity contribution >= 4 is 117 Å². The first kappa shape index (κ1) is 59.1. The van der Waals surface area contributed by atoms with Crippen LogP contribution in [0.3, 0.4) is 0 Å². The average molecular weight is 1210 g/mol. The first-order valence-corrected chi connectivity index (χ1v) is 27.0. The number of fused-ring (bicyclic) bond motifs is 8. The number of hydrogen-bond donors (Lipinski definition) is 2. The molecule has 0 aliphatic carbocycles. The molecule has 4 aromatic carbocycles. The Kier molecular flexibility index (Phi) is 19.7. The maximum atomic E-state index is 13.6. The van der Waals surface area contributed by atoms with Crippen LogP contribution >= 0.6 is 46.4 Å². The van der Waals surface area contributed by atoms with Gasteiger partial charge in [0.05, 0.1) is 22.8 Å². The van der Waals surface area contributed by atoms with E-state index in [1.807, 2.05) is 72.8 Å². The molecule has 5 heterocycles. The van der Waals surface area contributed by atoms with Gasteiger partial charge in [-0.25, -0.2) is 9.97 Å². The molecular weight excluding hydrogens is 1160 g/mol. The fourth-order valence-electron chi connectivity index (χ4n) is 9.05. The molecule has 0 fully saturated rings. The van der Waals surface area contributed by atoms with Gasteiger partial charge in [-0.3, -0.25) is 19.2 Å². The fourth-order valence-corrected chi connectivity index (χ4v) is 9.73. The summed E-state index contributed by atoms with van der Waals surface area (Å²) >= 11 is 26.0.